The highest BCUT2D eigenvalue weighted by Crippen LogP contribution is 2.34. The number of hydrogen-bond donors (Lipinski definition) is 1. The summed E-state index contributed by atoms with van der Waals surface area (Å²) < 4.78 is 5.60. The van der Waals surface area contributed by atoms with Crippen LogP contribution in [-0.4, -0.2) is 38.3 Å². The SMILES string of the molecule is Cc1ccc(N(CC(=O)NCC2(c3ccccc3)CCOCC2)C(C)C)cc1. The quantitative estimate of drug-likeness (QED) is 0.787. The van der Waals surface area contributed by atoms with Crippen molar-refractivity contribution in [1.29, 1.82) is 0 Å². The van der Waals surface area contributed by atoms with Gasteiger partial charge in [0.1, 0.15) is 0 Å². The molecule has 0 aliphatic carbocycles. The van der Waals surface area contributed by atoms with Crippen LogP contribution in [0.25, 0.3) is 0 Å². The molecule has 0 atom stereocenters. The Morgan fingerprint density at radius 1 is 1.07 bits per heavy atom. The van der Waals surface area contributed by atoms with Crippen LogP contribution < -0.4 is 10.2 Å². The Morgan fingerprint density at radius 3 is 2.32 bits per heavy atom. The summed E-state index contributed by atoms with van der Waals surface area (Å²) in [6, 6.07) is 19.1. The molecule has 2 aromatic carbocycles. The Balaban J connectivity index is 1.67. The Hall–Kier alpha value is -2.33. The summed E-state index contributed by atoms with van der Waals surface area (Å²) in [6.07, 6.45) is 1.87. The third-order valence-electron chi connectivity index (χ3n) is 5.76. The topological polar surface area (TPSA) is 41.6 Å². The lowest BCUT2D eigenvalue weighted by Gasteiger charge is -2.38. The minimum absolute atomic E-state index is 0.0400. The van der Waals surface area contributed by atoms with E-state index in [2.05, 4.69) is 79.5 Å². The van der Waals surface area contributed by atoms with Crippen LogP contribution in [0.1, 0.15) is 37.8 Å². The van der Waals surface area contributed by atoms with E-state index < -0.39 is 0 Å². The molecule has 1 N–H and O–H groups in total. The molecule has 0 unspecified atom stereocenters. The number of aryl methyl sites for hydroxylation is 1. The normalized spacial score (nSPS) is 16.0. The summed E-state index contributed by atoms with van der Waals surface area (Å²) in [6.45, 7) is 8.82. The highest BCUT2D eigenvalue weighted by Gasteiger charge is 2.34. The second kappa shape index (κ2) is 9.24. The van der Waals surface area contributed by atoms with E-state index in [0.717, 1.165) is 31.7 Å². The molecule has 0 bridgehead atoms. The monoisotopic (exact) mass is 380 g/mol. The molecule has 2 aromatic rings. The summed E-state index contributed by atoms with van der Waals surface area (Å²) in [7, 11) is 0. The van der Waals surface area contributed by atoms with E-state index in [1.54, 1.807) is 0 Å². The Morgan fingerprint density at radius 2 is 1.71 bits per heavy atom. The molecule has 1 amide bonds. The van der Waals surface area contributed by atoms with Crippen LogP contribution in [0, 0.1) is 6.92 Å². The van der Waals surface area contributed by atoms with Crippen molar-refractivity contribution >= 4 is 11.6 Å². The number of ether oxygens (including phenoxy) is 1. The summed E-state index contributed by atoms with van der Waals surface area (Å²) in [5.41, 5.74) is 3.56. The lowest BCUT2D eigenvalue weighted by molar-refractivity contribution is -0.120. The molecule has 1 aliphatic heterocycles. The van der Waals surface area contributed by atoms with E-state index >= 15 is 0 Å². The number of carbonyl (C=O) groups excluding carboxylic acids is 1. The van der Waals surface area contributed by atoms with Gasteiger partial charge in [-0.05, 0) is 51.3 Å². The van der Waals surface area contributed by atoms with Crippen LogP contribution >= 0.6 is 0 Å². The van der Waals surface area contributed by atoms with Crippen molar-refractivity contribution in [2.45, 2.75) is 45.1 Å². The first-order valence-electron chi connectivity index (χ1n) is 10.2. The molecule has 0 saturated carbocycles. The Labute approximate surface area is 168 Å². The van der Waals surface area contributed by atoms with Crippen LogP contribution in [-0.2, 0) is 14.9 Å². The largest absolute Gasteiger partial charge is 0.381 e. The van der Waals surface area contributed by atoms with Crippen molar-refractivity contribution in [3.63, 3.8) is 0 Å². The third-order valence-corrected chi connectivity index (χ3v) is 5.76. The molecular formula is C24H32N2O2. The predicted molar refractivity (Wildman–Crippen MR) is 115 cm³/mol. The number of rotatable bonds is 7. The summed E-state index contributed by atoms with van der Waals surface area (Å²) in [4.78, 5) is 15.0. The molecule has 1 saturated heterocycles. The van der Waals surface area contributed by atoms with E-state index in [0.29, 0.717) is 13.1 Å². The van der Waals surface area contributed by atoms with Crippen LogP contribution in [0.4, 0.5) is 5.69 Å². The Bertz CT molecular complexity index is 750. The standard InChI is InChI=1S/C24H32N2O2/c1-19(2)26(22-11-9-20(3)10-12-22)17-23(27)25-18-24(13-15-28-16-14-24)21-7-5-4-6-8-21/h4-12,19H,13-18H2,1-3H3,(H,25,27). The van der Waals surface area contributed by atoms with Crippen LogP contribution in [0.15, 0.2) is 54.6 Å². The van der Waals surface area contributed by atoms with Crippen molar-refractivity contribution in [2.24, 2.45) is 0 Å². The smallest absolute Gasteiger partial charge is 0.239 e. The molecule has 1 fully saturated rings. The molecule has 1 heterocycles. The summed E-state index contributed by atoms with van der Waals surface area (Å²) >= 11 is 0. The van der Waals surface area contributed by atoms with E-state index in [-0.39, 0.29) is 17.4 Å². The second-order valence-corrected chi connectivity index (χ2v) is 8.09. The van der Waals surface area contributed by atoms with Gasteiger partial charge in [-0.1, -0.05) is 48.0 Å². The molecule has 4 nitrogen and oxygen atoms in total. The number of benzene rings is 2. The van der Waals surface area contributed by atoms with Crippen LogP contribution in [0.2, 0.25) is 0 Å². The van der Waals surface area contributed by atoms with Gasteiger partial charge >= 0.3 is 0 Å². The minimum atomic E-state index is -0.0400. The number of hydrogen-bond acceptors (Lipinski definition) is 3. The first-order valence-corrected chi connectivity index (χ1v) is 10.2. The molecule has 3 rings (SSSR count). The molecule has 4 heteroatoms. The first kappa shape index (κ1) is 20.4. The van der Waals surface area contributed by atoms with E-state index in [1.165, 1.54) is 11.1 Å². The molecule has 150 valence electrons. The van der Waals surface area contributed by atoms with Gasteiger partial charge in [-0.15, -0.1) is 0 Å². The van der Waals surface area contributed by atoms with Gasteiger partial charge in [0.15, 0.2) is 0 Å². The van der Waals surface area contributed by atoms with Crippen molar-refractivity contribution in [2.75, 3.05) is 31.2 Å². The fourth-order valence-corrected chi connectivity index (χ4v) is 3.91. The Kier molecular flexibility index (Phi) is 6.74. The molecule has 28 heavy (non-hydrogen) atoms. The third kappa shape index (κ3) is 4.93. The van der Waals surface area contributed by atoms with E-state index in [4.69, 9.17) is 4.74 Å². The van der Waals surface area contributed by atoms with Crippen LogP contribution in [0.5, 0.6) is 0 Å². The highest BCUT2D eigenvalue weighted by atomic mass is 16.5. The predicted octanol–water partition coefficient (Wildman–Crippen LogP) is 4.07. The van der Waals surface area contributed by atoms with Gasteiger partial charge in [-0.3, -0.25) is 4.79 Å². The number of nitrogens with zero attached hydrogens (tertiary/aromatic N) is 1. The zero-order valence-electron chi connectivity index (χ0n) is 17.3. The zero-order valence-corrected chi connectivity index (χ0v) is 17.3. The number of amides is 1. The van der Waals surface area contributed by atoms with Crippen molar-refractivity contribution in [3.8, 4) is 0 Å². The van der Waals surface area contributed by atoms with Gasteiger partial charge in [0.25, 0.3) is 0 Å². The lowest BCUT2D eigenvalue weighted by Crippen LogP contribution is -2.48. The van der Waals surface area contributed by atoms with Gasteiger partial charge in [0.05, 0.1) is 6.54 Å². The maximum atomic E-state index is 12.8. The average Bonchev–Trinajstić information content (AvgIpc) is 2.72. The summed E-state index contributed by atoms with van der Waals surface area (Å²) in [5.74, 6) is 0.0658. The van der Waals surface area contributed by atoms with Gasteiger partial charge in [0.2, 0.25) is 5.91 Å². The molecule has 0 spiro atoms. The maximum Gasteiger partial charge on any atom is 0.239 e. The van der Waals surface area contributed by atoms with Crippen LogP contribution in [0.3, 0.4) is 0 Å². The van der Waals surface area contributed by atoms with Gasteiger partial charge < -0.3 is 15.0 Å². The van der Waals surface area contributed by atoms with Crippen molar-refractivity contribution in [3.05, 3.63) is 65.7 Å². The lowest BCUT2D eigenvalue weighted by atomic mass is 9.74. The molecule has 1 aliphatic rings. The van der Waals surface area contributed by atoms with Gasteiger partial charge in [-0.2, -0.15) is 0 Å². The summed E-state index contributed by atoms with van der Waals surface area (Å²) in [5, 5.41) is 3.22. The fraction of sp³-hybridized carbons (Fsp3) is 0.458. The second-order valence-electron chi connectivity index (χ2n) is 8.09. The van der Waals surface area contributed by atoms with E-state index in [9.17, 15) is 4.79 Å². The highest BCUT2D eigenvalue weighted by molar-refractivity contribution is 5.81. The number of nitrogens with one attached hydrogen (secondary N) is 1. The minimum Gasteiger partial charge on any atom is -0.381 e. The molecule has 0 aromatic heterocycles. The molecule has 0 radical (unpaired) electrons. The van der Waals surface area contributed by atoms with Gasteiger partial charge in [0, 0.05) is 36.9 Å². The van der Waals surface area contributed by atoms with Crippen molar-refractivity contribution in [1.82, 2.24) is 5.32 Å². The van der Waals surface area contributed by atoms with Crippen molar-refractivity contribution < 1.29 is 9.53 Å². The number of carbonyl (C=O) groups is 1. The van der Waals surface area contributed by atoms with Gasteiger partial charge in [-0.25, -0.2) is 0 Å². The fourth-order valence-electron chi connectivity index (χ4n) is 3.91. The number of anilines is 1. The maximum absolute atomic E-state index is 12.8. The average molecular weight is 381 g/mol. The zero-order chi connectivity index (χ0) is 20.0. The first-order chi connectivity index (χ1) is 13.5. The van der Waals surface area contributed by atoms with E-state index in [1.807, 2.05) is 6.07 Å². The molecular weight excluding hydrogens is 348 g/mol.